The lowest BCUT2D eigenvalue weighted by atomic mass is 10.1. The van der Waals surface area contributed by atoms with Crippen molar-refractivity contribution in [3.05, 3.63) is 29.8 Å². The summed E-state index contributed by atoms with van der Waals surface area (Å²) in [6, 6.07) is 7.28. The highest BCUT2D eigenvalue weighted by molar-refractivity contribution is 5.31. The second kappa shape index (κ2) is 4.74. The van der Waals surface area contributed by atoms with E-state index in [4.69, 9.17) is 5.90 Å². The minimum atomic E-state index is 0.342. The van der Waals surface area contributed by atoms with Crippen molar-refractivity contribution in [3.63, 3.8) is 0 Å². The third kappa shape index (κ3) is 2.53. The molecule has 0 saturated heterocycles. The predicted molar refractivity (Wildman–Crippen MR) is 46.6 cm³/mol. The molecule has 0 aliphatic carbocycles. The minimum absolute atomic E-state index is 0.342. The summed E-state index contributed by atoms with van der Waals surface area (Å²) in [5.74, 6) is 5.21. The van der Waals surface area contributed by atoms with E-state index in [0.29, 0.717) is 12.4 Å². The van der Waals surface area contributed by atoms with Crippen LogP contribution < -0.4 is 5.90 Å². The van der Waals surface area contributed by atoms with Gasteiger partial charge in [-0.3, -0.25) is 0 Å². The summed E-state index contributed by atoms with van der Waals surface area (Å²) in [5, 5.41) is 9.34. The molecule has 0 amide bonds. The molecule has 0 aliphatic rings. The lowest BCUT2D eigenvalue weighted by Crippen LogP contribution is -2.01. The van der Waals surface area contributed by atoms with Crippen molar-refractivity contribution < 1.29 is 9.94 Å². The number of phenols is 1. The van der Waals surface area contributed by atoms with Crippen molar-refractivity contribution in [2.24, 2.45) is 5.90 Å². The van der Waals surface area contributed by atoms with Gasteiger partial charge in [0, 0.05) is 0 Å². The van der Waals surface area contributed by atoms with Crippen molar-refractivity contribution in [1.82, 2.24) is 0 Å². The maximum absolute atomic E-state index is 9.34. The minimum Gasteiger partial charge on any atom is -0.508 e. The number of benzene rings is 1. The first-order valence-corrected chi connectivity index (χ1v) is 3.93. The number of hydrogen-bond donors (Lipinski definition) is 2. The van der Waals surface area contributed by atoms with E-state index in [1.165, 1.54) is 0 Å². The summed E-state index contributed by atoms with van der Waals surface area (Å²) >= 11 is 0. The Kier molecular flexibility index (Phi) is 3.57. The van der Waals surface area contributed by atoms with E-state index in [1.54, 1.807) is 12.1 Å². The maximum atomic E-state index is 9.34. The topological polar surface area (TPSA) is 55.5 Å². The van der Waals surface area contributed by atoms with Crippen LogP contribution in [-0.2, 0) is 11.3 Å². The molecule has 12 heavy (non-hydrogen) atoms. The molecular formula is C9H13NO2. The van der Waals surface area contributed by atoms with E-state index in [9.17, 15) is 5.11 Å². The van der Waals surface area contributed by atoms with Crippen LogP contribution >= 0.6 is 0 Å². The molecule has 66 valence electrons. The van der Waals surface area contributed by atoms with Crippen molar-refractivity contribution in [2.75, 3.05) is 6.61 Å². The third-order valence-corrected chi connectivity index (χ3v) is 1.70. The number of nitrogens with two attached hydrogens (primary N) is 1. The third-order valence-electron chi connectivity index (χ3n) is 1.70. The molecule has 0 fully saturated rings. The Morgan fingerprint density at radius 3 is 2.75 bits per heavy atom. The average molecular weight is 167 g/mol. The zero-order valence-corrected chi connectivity index (χ0v) is 6.86. The molecule has 0 unspecified atom stereocenters. The summed E-state index contributed by atoms with van der Waals surface area (Å²) in [5.41, 5.74) is 0.939. The Morgan fingerprint density at radius 1 is 1.33 bits per heavy atom. The van der Waals surface area contributed by atoms with Gasteiger partial charge in [0.1, 0.15) is 5.75 Å². The van der Waals surface area contributed by atoms with Crippen molar-refractivity contribution in [1.29, 1.82) is 0 Å². The monoisotopic (exact) mass is 167 g/mol. The number of aryl methyl sites for hydroxylation is 1. The standard InChI is InChI=1S/C9H13NO2/c10-12-7-3-5-8-4-1-2-6-9(8)11/h1-2,4,6,11H,3,5,7,10H2. The fourth-order valence-corrected chi connectivity index (χ4v) is 1.07. The van der Waals surface area contributed by atoms with Gasteiger partial charge in [0.15, 0.2) is 0 Å². The molecule has 1 aromatic carbocycles. The van der Waals surface area contributed by atoms with Gasteiger partial charge in [-0.15, -0.1) is 0 Å². The zero-order valence-electron chi connectivity index (χ0n) is 6.86. The van der Waals surface area contributed by atoms with Crippen LogP contribution in [0.15, 0.2) is 24.3 Å². The summed E-state index contributed by atoms with van der Waals surface area (Å²) < 4.78 is 0. The number of rotatable bonds is 4. The van der Waals surface area contributed by atoms with E-state index in [1.807, 2.05) is 12.1 Å². The van der Waals surface area contributed by atoms with Gasteiger partial charge in [-0.25, -0.2) is 5.90 Å². The van der Waals surface area contributed by atoms with Crippen LogP contribution in [0.3, 0.4) is 0 Å². The van der Waals surface area contributed by atoms with Gasteiger partial charge < -0.3 is 9.94 Å². The number of para-hydroxylation sites is 1. The van der Waals surface area contributed by atoms with Crippen LogP contribution in [-0.4, -0.2) is 11.7 Å². The van der Waals surface area contributed by atoms with Crippen LogP contribution in [0.5, 0.6) is 5.75 Å². The molecule has 0 saturated carbocycles. The van der Waals surface area contributed by atoms with Crippen LogP contribution in [0.1, 0.15) is 12.0 Å². The lowest BCUT2D eigenvalue weighted by Gasteiger charge is -2.02. The SMILES string of the molecule is NOCCCc1ccccc1O. The molecule has 0 atom stereocenters. The molecule has 0 radical (unpaired) electrons. The highest BCUT2D eigenvalue weighted by Gasteiger charge is 1.97. The molecule has 0 spiro atoms. The van der Waals surface area contributed by atoms with Crippen LogP contribution in [0.4, 0.5) is 0 Å². The van der Waals surface area contributed by atoms with E-state index in [-0.39, 0.29) is 0 Å². The van der Waals surface area contributed by atoms with E-state index in [0.717, 1.165) is 18.4 Å². The Labute approximate surface area is 71.7 Å². The normalized spacial score (nSPS) is 10.1. The molecule has 0 aliphatic heterocycles. The van der Waals surface area contributed by atoms with Gasteiger partial charge in [0.05, 0.1) is 6.61 Å². The van der Waals surface area contributed by atoms with Crippen molar-refractivity contribution in [2.45, 2.75) is 12.8 Å². The van der Waals surface area contributed by atoms with Crippen LogP contribution in [0, 0.1) is 0 Å². The number of phenolic OH excluding ortho intramolecular Hbond substituents is 1. The van der Waals surface area contributed by atoms with Gasteiger partial charge in [-0.1, -0.05) is 18.2 Å². The fraction of sp³-hybridized carbons (Fsp3) is 0.333. The second-order valence-electron chi connectivity index (χ2n) is 2.60. The number of aromatic hydroxyl groups is 1. The van der Waals surface area contributed by atoms with Gasteiger partial charge in [-0.05, 0) is 24.5 Å². The summed E-state index contributed by atoms with van der Waals surface area (Å²) in [7, 11) is 0. The van der Waals surface area contributed by atoms with E-state index in [2.05, 4.69) is 4.84 Å². The molecule has 3 heteroatoms. The summed E-state index contributed by atoms with van der Waals surface area (Å²) in [6.45, 7) is 0.522. The van der Waals surface area contributed by atoms with E-state index >= 15 is 0 Å². The van der Waals surface area contributed by atoms with Crippen molar-refractivity contribution in [3.8, 4) is 5.75 Å². The highest BCUT2D eigenvalue weighted by Crippen LogP contribution is 2.16. The summed E-state index contributed by atoms with van der Waals surface area (Å²) in [6.07, 6.45) is 1.62. The molecule has 0 aromatic heterocycles. The Bertz CT molecular complexity index is 238. The molecule has 1 aromatic rings. The van der Waals surface area contributed by atoms with Gasteiger partial charge >= 0.3 is 0 Å². The van der Waals surface area contributed by atoms with Gasteiger partial charge in [0.2, 0.25) is 0 Å². The molecule has 1 rings (SSSR count). The first kappa shape index (κ1) is 9.03. The van der Waals surface area contributed by atoms with Crippen LogP contribution in [0.2, 0.25) is 0 Å². The lowest BCUT2D eigenvalue weighted by molar-refractivity contribution is 0.135. The molecule has 3 N–H and O–H groups in total. The maximum Gasteiger partial charge on any atom is 0.118 e. The Balaban J connectivity index is 2.46. The van der Waals surface area contributed by atoms with Gasteiger partial charge in [0.25, 0.3) is 0 Å². The molecule has 0 heterocycles. The van der Waals surface area contributed by atoms with Gasteiger partial charge in [-0.2, -0.15) is 0 Å². The van der Waals surface area contributed by atoms with Crippen LogP contribution in [0.25, 0.3) is 0 Å². The summed E-state index contributed by atoms with van der Waals surface area (Å²) in [4.78, 5) is 4.42. The van der Waals surface area contributed by atoms with E-state index < -0.39 is 0 Å². The largest absolute Gasteiger partial charge is 0.508 e. The first-order chi connectivity index (χ1) is 5.84. The smallest absolute Gasteiger partial charge is 0.118 e. The molecular weight excluding hydrogens is 154 g/mol. The Hall–Kier alpha value is -1.06. The van der Waals surface area contributed by atoms with Crippen molar-refractivity contribution >= 4 is 0 Å². The second-order valence-corrected chi connectivity index (χ2v) is 2.60. The average Bonchev–Trinajstić information content (AvgIpc) is 2.09. The quantitative estimate of drug-likeness (QED) is 0.523. The Morgan fingerprint density at radius 2 is 2.08 bits per heavy atom. The zero-order chi connectivity index (χ0) is 8.81. The molecule has 0 bridgehead atoms. The predicted octanol–water partition coefficient (Wildman–Crippen LogP) is 1.22. The number of hydrogen-bond acceptors (Lipinski definition) is 3. The first-order valence-electron chi connectivity index (χ1n) is 3.93. The fourth-order valence-electron chi connectivity index (χ4n) is 1.07. The molecule has 3 nitrogen and oxygen atoms in total. The highest BCUT2D eigenvalue weighted by atomic mass is 16.6.